The summed E-state index contributed by atoms with van der Waals surface area (Å²) >= 11 is 6.05. The van der Waals surface area contributed by atoms with Crippen molar-refractivity contribution in [1.82, 2.24) is 9.78 Å². The van der Waals surface area contributed by atoms with E-state index in [1.54, 1.807) is 7.11 Å². The van der Waals surface area contributed by atoms with E-state index in [-0.39, 0.29) is 5.91 Å². The van der Waals surface area contributed by atoms with Crippen LogP contribution in [0.15, 0.2) is 48.5 Å². The number of anilines is 1. The average molecular weight is 394 g/mol. The molecule has 1 heterocycles. The van der Waals surface area contributed by atoms with Crippen LogP contribution in [0.25, 0.3) is 5.69 Å². The van der Waals surface area contributed by atoms with Gasteiger partial charge in [0, 0.05) is 16.5 Å². The number of methoxy groups -OCH3 is 1. The number of benzene rings is 2. The molecule has 1 saturated carbocycles. The maximum absolute atomic E-state index is 13.2. The molecule has 28 heavy (non-hydrogen) atoms. The van der Waals surface area contributed by atoms with Crippen molar-refractivity contribution in [2.24, 2.45) is 0 Å². The molecule has 2 aliphatic rings. The third-order valence-electron chi connectivity index (χ3n) is 5.83. The number of hydrogen-bond donors (Lipinski definition) is 1. The lowest BCUT2D eigenvalue weighted by molar-refractivity contribution is 0.102. The van der Waals surface area contributed by atoms with Gasteiger partial charge in [-0.2, -0.15) is 5.10 Å². The first-order chi connectivity index (χ1) is 13.7. The highest BCUT2D eigenvalue weighted by atomic mass is 35.5. The Balaban J connectivity index is 1.57. The summed E-state index contributed by atoms with van der Waals surface area (Å²) in [7, 11) is 1.59. The number of fused-ring (bicyclic) bond motifs is 5. The molecule has 6 heteroatoms. The van der Waals surface area contributed by atoms with Crippen LogP contribution in [-0.4, -0.2) is 22.8 Å². The molecule has 2 bridgehead atoms. The number of ether oxygens (including phenoxy) is 1. The summed E-state index contributed by atoms with van der Waals surface area (Å²) in [6, 6.07) is 15.0. The second kappa shape index (κ2) is 6.67. The molecule has 1 fully saturated rings. The van der Waals surface area contributed by atoms with Gasteiger partial charge in [-0.25, -0.2) is 4.68 Å². The molecule has 1 aromatic heterocycles. The van der Waals surface area contributed by atoms with E-state index in [1.807, 2.05) is 53.2 Å². The first-order valence-electron chi connectivity index (χ1n) is 9.49. The highest BCUT2D eigenvalue weighted by Gasteiger charge is 2.44. The zero-order valence-corrected chi connectivity index (χ0v) is 16.2. The van der Waals surface area contributed by atoms with Gasteiger partial charge in [0.15, 0.2) is 5.69 Å². The second-order valence-corrected chi connectivity index (χ2v) is 7.83. The van der Waals surface area contributed by atoms with E-state index in [1.165, 1.54) is 5.69 Å². The highest BCUT2D eigenvalue weighted by Crippen LogP contribution is 2.54. The van der Waals surface area contributed by atoms with Crippen molar-refractivity contribution in [1.29, 1.82) is 0 Å². The molecule has 0 saturated heterocycles. The molecule has 2 aromatic carbocycles. The van der Waals surface area contributed by atoms with Crippen LogP contribution in [0.4, 0.5) is 5.69 Å². The van der Waals surface area contributed by atoms with E-state index < -0.39 is 0 Å². The van der Waals surface area contributed by atoms with Crippen LogP contribution in [-0.2, 0) is 0 Å². The summed E-state index contributed by atoms with van der Waals surface area (Å²) in [6.45, 7) is 0. The fraction of sp³-hybridized carbons (Fsp3) is 0.273. The van der Waals surface area contributed by atoms with Crippen molar-refractivity contribution >= 4 is 23.2 Å². The zero-order valence-electron chi connectivity index (χ0n) is 15.5. The number of nitrogens with zero attached hydrogens (tertiary/aromatic N) is 2. The Morgan fingerprint density at radius 1 is 1.14 bits per heavy atom. The van der Waals surface area contributed by atoms with Gasteiger partial charge in [-0.05, 0) is 61.6 Å². The van der Waals surface area contributed by atoms with E-state index in [4.69, 9.17) is 21.4 Å². The predicted molar refractivity (Wildman–Crippen MR) is 109 cm³/mol. The molecule has 2 atom stereocenters. The maximum Gasteiger partial charge on any atom is 0.276 e. The molecule has 2 unspecified atom stereocenters. The van der Waals surface area contributed by atoms with E-state index in [9.17, 15) is 4.79 Å². The summed E-state index contributed by atoms with van der Waals surface area (Å²) in [4.78, 5) is 13.2. The highest BCUT2D eigenvalue weighted by molar-refractivity contribution is 6.30. The minimum Gasteiger partial charge on any atom is -0.495 e. The number of para-hydroxylation sites is 2. The Morgan fingerprint density at radius 2 is 1.89 bits per heavy atom. The minimum absolute atomic E-state index is 0.194. The van der Waals surface area contributed by atoms with Crippen molar-refractivity contribution in [2.45, 2.75) is 31.1 Å². The lowest BCUT2D eigenvalue weighted by Crippen LogP contribution is -2.16. The topological polar surface area (TPSA) is 56.1 Å². The molecular formula is C22H20ClN3O2. The fourth-order valence-corrected chi connectivity index (χ4v) is 4.73. The van der Waals surface area contributed by atoms with E-state index in [2.05, 4.69) is 5.32 Å². The van der Waals surface area contributed by atoms with E-state index in [0.717, 1.165) is 30.5 Å². The summed E-state index contributed by atoms with van der Waals surface area (Å²) in [6.07, 6.45) is 3.39. The van der Waals surface area contributed by atoms with Gasteiger partial charge < -0.3 is 10.1 Å². The number of rotatable bonds is 4. The third-order valence-corrected chi connectivity index (χ3v) is 6.08. The van der Waals surface area contributed by atoms with Crippen molar-refractivity contribution in [2.75, 3.05) is 12.4 Å². The lowest BCUT2D eigenvalue weighted by atomic mass is 9.95. The van der Waals surface area contributed by atoms with Gasteiger partial charge >= 0.3 is 0 Å². The standard InChI is InChI=1S/C22H20ClN3O2/c1-28-18-5-3-2-4-17(18)24-22(27)20-19-13-6-7-14(12-13)21(19)26(25-20)16-10-8-15(23)9-11-16/h2-5,8-11,13-14H,6-7,12H2,1H3,(H,24,27). The molecule has 3 aromatic rings. The Morgan fingerprint density at radius 3 is 2.68 bits per heavy atom. The van der Waals surface area contributed by atoms with Crippen LogP contribution in [0.2, 0.25) is 5.02 Å². The molecule has 1 N–H and O–H groups in total. The Kier molecular flexibility index (Phi) is 4.13. The van der Waals surface area contributed by atoms with Gasteiger partial charge in [-0.1, -0.05) is 23.7 Å². The summed E-state index contributed by atoms with van der Waals surface area (Å²) in [5.41, 5.74) is 4.39. The minimum atomic E-state index is -0.194. The van der Waals surface area contributed by atoms with Gasteiger partial charge in [0.05, 0.1) is 24.2 Å². The number of halogens is 1. The third kappa shape index (κ3) is 2.69. The number of hydrogen-bond acceptors (Lipinski definition) is 3. The molecule has 0 aliphatic heterocycles. The van der Waals surface area contributed by atoms with E-state index in [0.29, 0.717) is 34.0 Å². The predicted octanol–water partition coefficient (Wildman–Crippen LogP) is 5.15. The van der Waals surface area contributed by atoms with Crippen LogP contribution in [0, 0.1) is 0 Å². The Hall–Kier alpha value is -2.79. The van der Waals surface area contributed by atoms with Crippen LogP contribution in [0.5, 0.6) is 5.75 Å². The molecule has 0 spiro atoms. The monoisotopic (exact) mass is 393 g/mol. The first-order valence-corrected chi connectivity index (χ1v) is 9.86. The van der Waals surface area contributed by atoms with Crippen molar-refractivity contribution in [3.8, 4) is 11.4 Å². The Labute approximate surface area is 168 Å². The maximum atomic E-state index is 13.2. The fourth-order valence-electron chi connectivity index (χ4n) is 4.61. The normalized spacial score (nSPS) is 19.5. The number of aromatic nitrogens is 2. The van der Waals surface area contributed by atoms with Crippen LogP contribution >= 0.6 is 11.6 Å². The summed E-state index contributed by atoms with van der Waals surface area (Å²) in [5.74, 6) is 1.32. The molecular weight excluding hydrogens is 374 g/mol. The number of carbonyl (C=O) groups excluding carboxylic acids is 1. The van der Waals surface area contributed by atoms with Crippen molar-refractivity contribution < 1.29 is 9.53 Å². The first kappa shape index (κ1) is 17.3. The van der Waals surface area contributed by atoms with E-state index >= 15 is 0 Å². The van der Waals surface area contributed by atoms with Gasteiger partial charge in [0.1, 0.15) is 5.75 Å². The summed E-state index contributed by atoms with van der Waals surface area (Å²) < 4.78 is 7.29. The Bertz CT molecular complexity index is 1060. The number of carbonyl (C=O) groups is 1. The molecule has 2 aliphatic carbocycles. The smallest absolute Gasteiger partial charge is 0.276 e. The summed E-state index contributed by atoms with van der Waals surface area (Å²) in [5, 5.41) is 8.41. The SMILES string of the molecule is COc1ccccc1NC(=O)c1nn(-c2ccc(Cl)cc2)c2c1C1CCC2C1. The van der Waals surface area contributed by atoms with Crippen molar-refractivity contribution in [3.05, 3.63) is 70.5 Å². The lowest BCUT2D eigenvalue weighted by Gasteiger charge is -2.14. The van der Waals surface area contributed by atoms with Crippen LogP contribution in [0.3, 0.4) is 0 Å². The molecule has 1 amide bonds. The van der Waals surface area contributed by atoms with Gasteiger partial charge in [-0.3, -0.25) is 4.79 Å². The van der Waals surface area contributed by atoms with Gasteiger partial charge in [0.2, 0.25) is 0 Å². The molecule has 5 nitrogen and oxygen atoms in total. The average Bonchev–Trinajstić information content (AvgIpc) is 3.42. The van der Waals surface area contributed by atoms with Crippen LogP contribution in [0.1, 0.15) is 52.8 Å². The zero-order chi connectivity index (χ0) is 19.3. The number of amides is 1. The molecule has 142 valence electrons. The number of nitrogens with one attached hydrogen (secondary N) is 1. The quantitative estimate of drug-likeness (QED) is 0.666. The van der Waals surface area contributed by atoms with Gasteiger partial charge in [-0.15, -0.1) is 0 Å². The largest absolute Gasteiger partial charge is 0.495 e. The molecule has 5 rings (SSSR count). The second-order valence-electron chi connectivity index (χ2n) is 7.40. The van der Waals surface area contributed by atoms with Crippen LogP contribution < -0.4 is 10.1 Å². The molecule has 0 radical (unpaired) electrons. The van der Waals surface area contributed by atoms with Crippen molar-refractivity contribution in [3.63, 3.8) is 0 Å². The van der Waals surface area contributed by atoms with Gasteiger partial charge in [0.25, 0.3) is 5.91 Å².